The van der Waals surface area contributed by atoms with E-state index in [0.29, 0.717) is 0 Å². The summed E-state index contributed by atoms with van der Waals surface area (Å²) in [5.74, 6) is 0. The van der Waals surface area contributed by atoms with Gasteiger partial charge in [0.15, 0.2) is 0 Å². The molecule has 0 radical (unpaired) electrons. The van der Waals surface area contributed by atoms with Gasteiger partial charge in [0, 0.05) is 17.8 Å². The van der Waals surface area contributed by atoms with E-state index >= 15 is 0 Å². The van der Waals surface area contributed by atoms with Crippen molar-refractivity contribution >= 4 is 5.69 Å². The summed E-state index contributed by atoms with van der Waals surface area (Å²) in [7, 11) is 0. The Labute approximate surface area is 85.0 Å². The summed E-state index contributed by atoms with van der Waals surface area (Å²) in [6.45, 7) is 1.02. The molecule has 0 fully saturated rings. The van der Waals surface area contributed by atoms with Gasteiger partial charge in [-0.3, -0.25) is 0 Å². The van der Waals surface area contributed by atoms with Crippen LogP contribution in [0.2, 0.25) is 0 Å². The summed E-state index contributed by atoms with van der Waals surface area (Å²) in [5, 5.41) is 13.3. The summed E-state index contributed by atoms with van der Waals surface area (Å²) < 4.78 is 0. The van der Waals surface area contributed by atoms with Gasteiger partial charge in [0.2, 0.25) is 0 Å². The van der Waals surface area contributed by atoms with Crippen molar-refractivity contribution in [2.24, 2.45) is 0 Å². The molecule has 0 saturated carbocycles. The Bertz CT molecular complexity index is 298. The summed E-state index contributed by atoms with van der Waals surface area (Å²) in [6, 6.07) is 8.06. The van der Waals surface area contributed by atoms with Gasteiger partial charge in [-0.15, -0.1) is 0 Å². The van der Waals surface area contributed by atoms with Crippen LogP contribution >= 0.6 is 0 Å². The normalized spacial score (nSPS) is 22.5. The molecule has 1 aromatic rings. The van der Waals surface area contributed by atoms with Crippen LogP contribution in [0.3, 0.4) is 0 Å². The number of benzene rings is 1. The fourth-order valence-electron chi connectivity index (χ4n) is 1.97. The highest BCUT2D eigenvalue weighted by atomic mass is 16.3. The Morgan fingerprint density at radius 1 is 1.14 bits per heavy atom. The molecule has 1 atom stereocenters. The Balaban J connectivity index is 2.26. The first kappa shape index (κ1) is 9.53. The Kier molecular flexibility index (Phi) is 3.04. The molecule has 1 heterocycles. The lowest BCUT2D eigenvalue weighted by atomic mass is 10.0. The topological polar surface area (TPSA) is 32.3 Å². The van der Waals surface area contributed by atoms with Crippen LogP contribution in [0.15, 0.2) is 24.3 Å². The maximum absolute atomic E-state index is 9.95. The molecule has 2 nitrogen and oxygen atoms in total. The van der Waals surface area contributed by atoms with Gasteiger partial charge in [-0.2, -0.15) is 0 Å². The van der Waals surface area contributed by atoms with Crippen molar-refractivity contribution in [1.82, 2.24) is 0 Å². The summed E-state index contributed by atoms with van der Waals surface area (Å²) >= 11 is 0. The van der Waals surface area contributed by atoms with Gasteiger partial charge in [0.25, 0.3) is 0 Å². The van der Waals surface area contributed by atoms with E-state index in [-0.39, 0.29) is 6.10 Å². The minimum atomic E-state index is -0.295. The first-order valence-electron chi connectivity index (χ1n) is 5.39. The Hall–Kier alpha value is -1.02. The van der Waals surface area contributed by atoms with Crippen molar-refractivity contribution in [3.8, 4) is 0 Å². The number of aliphatic hydroxyl groups excluding tert-OH is 1. The monoisotopic (exact) mass is 191 g/mol. The molecule has 0 bridgehead atoms. The van der Waals surface area contributed by atoms with Crippen molar-refractivity contribution in [1.29, 1.82) is 0 Å². The van der Waals surface area contributed by atoms with Gasteiger partial charge in [0.05, 0.1) is 6.10 Å². The number of hydrogen-bond donors (Lipinski definition) is 2. The fourth-order valence-corrected chi connectivity index (χ4v) is 1.97. The van der Waals surface area contributed by atoms with E-state index < -0.39 is 0 Å². The smallest absolute Gasteiger partial charge is 0.0810 e. The standard InChI is InChI=1S/C12H17NO/c14-12-8-2-1-5-9-13-11-7-4-3-6-10(11)12/h3-4,6-7,12-14H,1-2,5,8-9H2. The number of aliphatic hydroxyl groups is 1. The molecule has 1 aliphatic heterocycles. The number of fused-ring (bicyclic) bond motifs is 1. The average Bonchev–Trinajstić information content (AvgIpc) is 2.30. The molecule has 0 saturated heterocycles. The minimum Gasteiger partial charge on any atom is -0.388 e. The van der Waals surface area contributed by atoms with Gasteiger partial charge in [-0.25, -0.2) is 0 Å². The first-order valence-corrected chi connectivity index (χ1v) is 5.39. The van der Waals surface area contributed by atoms with Gasteiger partial charge >= 0.3 is 0 Å². The van der Waals surface area contributed by atoms with E-state index in [1.807, 2.05) is 24.3 Å². The maximum Gasteiger partial charge on any atom is 0.0810 e. The highest BCUT2D eigenvalue weighted by molar-refractivity contribution is 5.52. The molecule has 14 heavy (non-hydrogen) atoms. The van der Waals surface area contributed by atoms with Crippen molar-refractivity contribution in [2.45, 2.75) is 31.8 Å². The number of hydrogen-bond acceptors (Lipinski definition) is 2. The molecule has 0 aliphatic carbocycles. The van der Waals surface area contributed by atoms with Gasteiger partial charge in [-0.1, -0.05) is 31.0 Å². The molecule has 2 heteroatoms. The van der Waals surface area contributed by atoms with Crippen molar-refractivity contribution in [3.05, 3.63) is 29.8 Å². The molecule has 2 rings (SSSR count). The minimum absolute atomic E-state index is 0.295. The lowest BCUT2D eigenvalue weighted by molar-refractivity contribution is 0.165. The van der Waals surface area contributed by atoms with Crippen LogP contribution in [0.25, 0.3) is 0 Å². The third kappa shape index (κ3) is 2.07. The van der Waals surface area contributed by atoms with Gasteiger partial charge in [0.1, 0.15) is 0 Å². The second-order valence-electron chi connectivity index (χ2n) is 3.88. The van der Waals surface area contributed by atoms with E-state index in [1.54, 1.807) is 0 Å². The molecule has 0 aromatic heterocycles. The van der Waals surface area contributed by atoms with Crippen LogP contribution in [0.5, 0.6) is 0 Å². The van der Waals surface area contributed by atoms with Crippen LogP contribution in [-0.4, -0.2) is 11.7 Å². The van der Waals surface area contributed by atoms with Crippen molar-refractivity contribution < 1.29 is 5.11 Å². The van der Waals surface area contributed by atoms with E-state index in [9.17, 15) is 5.11 Å². The largest absolute Gasteiger partial charge is 0.388 e. The molecule has 1 aliphatic rings. The third-order valence-corrected chi connectivity index (χ3v) is 2.79. The first-order chi connectivity index (χ1) is 6.88. The summed E-state index contributed by atoms with van der Waals surface area (Å²) in [4.78, 5) is 0. The summed E-state index contributed by atoms with van der Waals surface area (Å²) in [6.07, 6.45) is 4.12. The van der Waals surface area contributed by atoms with E-state index in [0.717, 1.165) is 30.6 Å². The second-order valence-corrected chi connectivity index (χ2v) is 3.88. The number of rotatable bonds is 0. The maximum atomic E-state index is 9.95. The Morgan fingerprint density at radius 2 is 2.00 bits per heavy atom. The predicted molar refractivity (Wildman–Crippen MR) is 58.4 cm³/mol. The van der Waals surface area contributed by atoms with Gasteiger partial charge < -0.3 is 10.4 Å². The molecular weight excluding hydrogens is 174 g/mol. The molecule has 2 N–H and O–H groups in total. The van der Waals surface area contributed by atoms with E-state index in [2.05, 4.69) is 5.32 Å². The number of para-hydroxylation sites is 1. The predicted octanol–water partition coefficient (Wildman–Crippen LogP) is 2.71. The van der Waals surface area contributed by atoms with E-state index in [1.165, 1.54) is 12.8 Å². The third-order valence-electron chi connectivity index (χ3n) is 2.79. The molecule has 1 unspecified atom stereocenters. The highest BCUT2D eigenvalue weighted by Gasteiger charge is 2.12. The Morgan fingerprint density at radius 3 is 2.93 bits per heavy atom. The van der Waals surface area contributed by atoms with Crippen LogP contribution < -0.4 is 5.32 Å². The van der Waals surface area contributed by atoms with Crippen molar-refractivity contribution in [3.63, 3.8) is 0 Å². The molecule has 0 amide bonds. The van der Waals surface area contributed by atoms with Crippen LogP contribution in [-0.2, 0) is 0 Å². The van der Waals surface area contributed by atoms with E-state index in [4.69, 9.17) is 0 Å². The van der Waals surface area contributed by atoms with Crippen LogP contribution in [0.1, 0.15) is 37.4 Å². The number of nitrogens with one attached hydrogen (secondary N) is 1. The molecule has 76 valence electrons. The lowest BCUT2D eigenvalue weighted by Crippen LogP contribution is -2.04. The van der Waals surface area contributed by atoms with Crippen LogP contribution in [0, 0.1) is 0 Å². The second kappa shape index (κ2) is 4.47. The quantitative estimate of drug-likeness (QED) is 0.661. The van der Waals surface area contributed by atoms with Crippen LogP contribution in [0.4, 0.5) is 5.69 Å². The fraction of sp³-hybridized carbons (Fsp3) is 0.500. The zero-order chi connectivity index (χ0) is 9.80. The lowest BCUT2D eigenvalue weighted by Gasteiger charge is -2.14. The highest BCUT2D eigenvalue weighted by Crippen LogP contribution is 2.27. The average molecular weight is 191 g/mol. The SMILES string of the molecule is OC1CCCCCNc2ccccc21. The van der Waals surface area contributed by atoms with Crippen molar-refractivity contribution in [2.75, 3.05) is 11.9 Å². The summed E-state index contributed by atoms with van der Waals surface area (Å²) in [5.41, 5.74) is 2.15. The zero-order valence-corrected chi connectivity index (χ0v) is 8.37. The number of anilines is 1. The molecular formula is C12H17NO. The molecule has 1 aromatic carbocycles. The zero-order valence-electron chi connectivity index (χ0n) is 8.37. The molecule has 0 spiro atoms. The van der Waals surface area contributed by atoms with Gasteiger partial charge in [-0.05, 0) is 18.9 Å².